The molecule has 4 rings (SSSR count). The highest BCUT2D eigenvalue weighted by atomic mass is 35.5. The van der Waals surface area contributed by atoms with Gasteiger partial charge in [-0.15, -0.1) is 12.4 Å². The Kier molecular flexibility index (Phi) is 5.87. The van der Waals surface area contributed by atoms with E-state index in [1.807, 2.05) is 12.3 Å². The average Bonchev–Trinajstić information content (AvgIpc) is 3.36. The van der Waals surface area contributed by atoms with Crippen molar-refractivity contribution in [2.24, 2.45) is 11.8 Å². The predicted molar refractivity (Wildman–Crippen MR) is 103 cm³/mol. The van der Waals surface area contributed by atoms with E-state index in [1.54, 1.807) is 6.92 Å². The summed E-state index contributed by atoms with van der Waals surface area (Å²) in [6.07, 6.45) is 5.75. The van der Waals surface area contributed by atoms with E-state index in [2.05, 4.69) is 20.1 Å². The van der Waals surface area contributed by atoms with E-state index in [0.717, 1.165) is 56.7 Å². The maximum atomic E-state index is 11.5. The Hall–Kier alpha value is -1.60. The fraction of sp³-hybridized carbons (Fsp3) is 0.722. The largest absolute Gasteiger partial charge is 0.393 e. The molecule has 1 aliphatic carbocycles. The van der Waals surface area contributed by atoms with Crippen molar-refractivity contribution in [3.8, 4) is 0 Å². The fourth-order valence-corrected chi connectivity index (χ4v) is 4.17. The van der Waals surface area contributed by atoms with Crippen molar-refractivity contribution >= 4 is 30.1 Å². The van der Waals surface area contributed by atoms with Crippen LogP contribution in [-0.2, 0) is 4.79 Å². The van der Waals surface area contributed by atoms with Crippen LogP contribution in [0, 0.1) is 11.8 Å². The van der Waals surface area contributed by atoms with Gasteiger partial charge in [-0.3, -0.25) is 4.79 Å². The number of carbonyl (C=O) groups is 1. The second kappa shape index (κ2) is 7.96. The van der Waals surface area contributed by atoms with Crippen molar-refractivity contribution in [1.29, 1.82) is 0 Å². The molecule has 1 aromatic rings. The first-order valence-corrected chi connectivity index (χ1v) is 9.38. The van der Waals surface area contributed by atoms with Gasteiger partial charge in [0.25, 0.3) is 0 Å². The third-order valence-electron chi connectivity index (χ3n) is 5.68. The molecule has 0 unspecified atom stereocenters. The minimum Gasteiger partial charge on any atom is -0.393 e. The molecular weight excluding hydrogens is 354 g/mol. The predicted octanol–water partition coefficient (Wildman–Crippen LogP) is 1.21. The van der Waals surface area contributed by atoms with Crippen LogP contribution in [-0.4, -0.2) is 59.3 Å². The molecule has 1 amide bonds. The van der Waals surface area contributed by atoms with Crippen LogP contribution >= 0.6 is 12.4 Å². The monoisotopic (exact) mass is 381 g/mol. The van der Waals surface area contributed by atoms with Gasteiger partial charge >= 0.3 is 0 Å². The van der Waals surface area contributed by atoms with Gasteiger partial charge in [0, 0.05) is 45.2 Å². The van der Waals surface area contributed by atoms with Crippen molar-refractivity contribution in [3.05, 3.63) is 12.3 Å². The van der Waals surface area contributed by atoms with Crippen molar-refractivity contribution in [2.45, 2.75) is 44.8 Å². The Morgan fingerprint density at radius 2 is 1.92 bits per heavy atom. The van der Waals surface area contributed by atoms with Gasteiger partial charge in [0.2, 0.25) is 11.9 Å². The summed E-state index contributed by atoms with van der Waals surface area (Å²) in [4.78, 5) is 25.2. The molecule has 2 saturated heterocycles. The molecule has 2 aliphatic heterocycles. The van der Waals surface area contributed by atoms with Gasteiger partial charge in [-0.05, 0) is 37.7 Å². The normalized spacial score (nSPS) is 26.5. The highest BCUT2D eigenvalue weighted by Crippen LogP contribution is 2.42. The van der Waals surface area contributed by atoms with E-state index in [1.165, 1.54) is 12.8 Å². The molecule has 1 saturated carbocycles. The molecular formula is C18H28ClN5O2. The number of rotatable bonds is 4. The molecule has 2 atom stereocenters. The smallest absolute Gasteiger partial charge is 0.227 e. The molecule has 7 nitrogen and oxygen atoms in total. The Balaban J connectivity index is 0.00000196. The number of piperidine rings is 1. The summed E-state index contributed by atoms with van der Waals surface area (Å²) in [5, 5.41) is 12.8. The summed E-state index contributed by atoms with van der Waals surface area (Å²) in [6, 6.07) is 2.14. The highest BCUT2D eigenvalue weighted by Gasteiger charge is 2.43. The lowest BCUT2D eigenvalue weighted by atomic mass is 9.98. The van der Waals surface area contributed by atoms with Crippen molar-refractivity contribution < 1.29 is 9.90 Å². The number of aromatic nitrogens is 2. The molecule has 1 aromatic heterocycles. The number of halogens is 1. The molecule has 26 heavy (non-hydrogen) atoms. The summed E-state index contributed by atoms with van der Waals surface area (Å²) in [5.41, 5.74) is 0. The number of anilines is 2. The Labute approximate surface area is 160 Å². The molecule has 0 bridgehead atoms. The van der Waals surface area contributed by atoms with Gasteiger partial charge in [0.1, 0.15) is 5.82 Å². The van der Waals surface area contributed by atoms with Gasteiger partial charge in [0.15, 0.2) is 0 Å². The lowest BCUT2D eigenvalue weighted by Gasteiger charge is -2.31. The lowest BCUT2D eigenvalue weighted by Crippen LogP contribution is -2.40. The molecule has 3 fully saturated rings. The van der Waals surface area contributed by atoms with Crippen LogP contribution < -0.4 is 15.1 Å². The minimum atomic E-state index is -0.186. The molecule has 0 radical (unpaired) electrons. The number of amides is 1. The van der Waals surface area contributed by atoms with Crippen LogP contribution in [0.1, 0.15) is 32.6 Å². The summed E-state index contributed by atoms with van der Waals surface area (Å²) in [5.74, 6) is 2.96. The van der Waals surface area contributed by atoms with Crippen LogP contribution in [0.3, 0.4) is 0 Å². The summed E-state index contributed by atoms with van der Waals surface area (Å²) in [6.45, 7) is 4.95. The molecule has 3 heterocycles. The van der Waals surface area contributed by atoms with E-state index < -0.39 is 0 Å². The van der Waals surface area contributed by atoms with Crippen molar-refractivity contribution in [1.82, 2.24) is 15.3 Å². The molecule has 8 heteroatoms. The SMILES string of the molecule is CC(=O)N[C@H]1CN(c2nccc(N3CCC(O)CC3)n2)C[C@@H]1C1CC1.Cl. The second-order valence-corrected chi connectivity index (χ2v) is 7.65. The number of hydrogen-bond acceptors (Lipinski definition) is 6. The van der Waals surface area contributed by atoms with Crippen LogP contribution in [0.2, 0.25) is 0 Å². The minimum absolute atomic E-state index is 0. The first-order valence-electron chi connectivity index (χ1n) is 9.38. The van der Waals surface area contributed by atoms with Gasteiger partial charge < -0.3 is 20.2 Å². The second-order valence-electron chi connectivity index (χ2n) is 7.65. The topological polar surface area (TPSA) is 81.6 Å². The third-order valence-corrected chi connectivity index (χ3v) is 5.68. The van der Waals surface area contributed by atoms with Crippen LogP contribution in [0.4, 0.5) is 11.8 Å². The Morgan fingerprint density at radius 1 is 1.19 bits per heavy atom. The lowest BCUT2D eigenvalue weighted by molar-refractivity contribution is -0.119. The number of aliphatic hydroxyl groups excluding tert-OH is 1. The number of hydrogen-bond donors (Lipinski definition) is 2. The van der Waals surface area contributed by atoms with E-state index in [-0.39, 0.29) is 30.5 Å². The molecule has 3 aliphatic rings. The molecule has 0 spiro atoms. The van der Waals surface area contributed by atoms with Crippen molar-refractivity contribution in [3.63, 3.8) is 0 Å². The first-order chi connectivity index (χ1) is 12.1. The Morgan fingerprint density at radius 3 is 2.58 bits per heavy atom. The Bertz CT molecular complexity index is 634. The fourth-order valence-electron chi connectivity index (χ4n) is 4.17. The van der Waals surface area contributed by atoms with E-state index >= 15 is 0 Å². The zero-order chi connectivity index (χ0) is 17.4. The van der Waals surface area contributed by atoms with Gasteiger partial charge in [-0.2, -0.15) is 4.98 Å². The molecule has 144 valence electrons. The maximum absolute atomic E-state index is 11.5. The van der Waals surface area contributed by atoms with Gasteiger partial charge in [0.05, 0.1) is 12.1 Å². The summed E-state index contributed by atoms with van der Waals surface area (Å²) in [7, 11) is 0. The van der Waals surface area contributed by atoms with Gasteiger partial charge in [-0.25, -0.2) is 4.98 Å². The van der Waals surface area contributed by atoms with E-state index in [9.17, 15) is 9.90 Å². The average molecular weight is 382 g/mol. The van der Waals surface area contributed by atoms with Crippen LogP contribution in [0.5, 0.6) is 0 Å². The van der Waals surface area contributed by atoms with E-state index in [4.69, 9.17) is 4.98 Å². The quantitative estimate of drug-likeness (QED) is 0.815. The first kappa shape index (κ1) is 19.2. The zero-order valence-corrected chi connectivity index (χ0v) is 16.0. The standard InChI is InChI=1S/C18H27N5O2.ClH/c1-12(24)20-16-11-23(10-15(16)13-2-3-13)18-19-7-4-17(21-18)22-8-5-14(25)6-9-22;/h4,7,13-16,25H,2-3,5-6,8-11H2,1H3,(H,20,24);1H/t15-,16+;/m1./s1. The van der Waals surface area contributed by atoms with Crippen LogP contribution in [0.15, 0.2) is 12.3 Å². The maximum Gasteiger partial charge on any atom is 0.227 e. The van der Waals surface area contributed by atoms with Gasteiger partial charge in [-0.1, -0.05) is 0 Å². The summed E-state index contributed by atoms with van der Waals surface area (Å²) < 4.78 is 0. The number of nitrogens with zero attached hydrogens (tertiary/aromatic N) is 4. The van der Waals surface area contributed by atoms with Crippen molar-refractivity contribution in [2.75, 3.05) is 36.0 Å². The van der Waals surface area contributed by atoms with E-state index in [0.29, 0.717) is 5.92 Å². The third kappa shape index (κ3) is 4.20. The van der Waals surface area contributed by atoms with Crippen LogP contribution in [0.25, 0.3) is 0 Å². The number of nitrogens with one attached hydrogen (secondary N) is 1. The summed E-state index contributed by atoms with van der Waals surface area (Å²) >= 11 is 0. The highest BCUT2D eigenvalue weighted by molar-refractivity contribution is 5.85. The zero-order valence-electron chi connectivity index (χ0n) is 15.2. The number of aliphatic hydroxyl groups is 1. The molecule has 2 N–H and O–H groups in total. The molecule has 0 aromatic carbocycles. The number of carbonyl (C=O) groups excluding carboxylic acids is 1.